The first-order valence-electron chi connectivity index (χ1n) is 17.4. The van der Waals surface area contributed by atoms with Crippen LogP contribution >= 0.6 is 0 Å². The summed E-state index contributed by atoms with van der Waals surface area (Å²) >= 11 is 0. The zero-order valence-corrected chi connectivity index (χ0v) is 33.0. The molecular weight excluding hydrogens is 832 g/mol. The zero-order valence-electron chi connectivity index (χ0n) is 29.8. The number of hydrazone groups is 2. The molecule has 2 N–H and O–H groups in total. The topological polar surface area (TPSA) is 116 Å². The summed E-state index contributed by atoms with van der Waals surface area (Å²) in [6.07, 6.45) is 7.27. The lowest BCUT2D eigenvalue weighted by Gasteiger charge is -2.05. The van der Waals surface area contributed by atoms with Gasteiger partial charge in [0, 0.05) is 51.9 Å². The molecule has 8 aromatic rings. The summed E-state index contributed by atoms with van der Waals surface area (Å²) in [5.41, 5.74) is 11.8. The van der Waals surface area contributed by atoms with Crippen molar-refractivity contribution in [2.75, 3.05) is 0 Å². The highest BCUT2D eigenvalue weighted by atomic mass is 79.9. The largest absolute Gasteiger partial charge is 1.00 e. The summed E-state index contributed by atoms with van der Waals surface area (Å²) < 4.78 is 4.36. The highest BCUT2D eigenvalue weighted by Crippen LogP contribution is 2.17. The van der Waals surface area contributed by atoms with E-state index < -0.39 is 11.8 Å². The van der Waals surface area contributed by atoms with Crippen LogP contribution in [0.2, 0.25) is 0 Å². The molecule has 0 aliphatic rings. The van der Waals surface area contributed by atoms with E-state index in [-0.39, 0.29) is 51.0 Å². The van der Waals surface area contributed by atoms with Gasteiger partial charge in [-0.25, -0.2) is 20.8 Å². The molecule has 56 heavy (non-hydrogen) atoms. The Bertz CT molecular complexity index is 2540. The fraction of sp³-hybridized carbons (Fsp3) is 0.0455. The van der Waals surface area contributed by atoms with Gasteiger partial charge in [-0.2, -0.15) is 19.3 Å². The Morgan fingerprint density at radius 2 is 0.929 bits per heavy atom. The number of rotatable bonds is 10. The van der Waals surface area contributed by atoms with Gasteiger partial charge in [0.15, 0.2) is 31.1 Å². The summed E-state index contributed by atoms with van der Waals surface area (Å²) in [4.78, 5) is 35.0. The van der Waals surface area contributed by atoms with Crippen molar-refractivity contribution in [3.63, 3.8) is 0 Å². The van der Waals surface area contributed by atoms with E-state index in [4.69, 9.17) is 0 Å². The first-order chi connectivity index (χ1) is 26.6. The first kappa shape index (κ1) is 39.2. The van der Waals surface area contributed by atoms with Crippen LogP contribution in [-0.2, 0) is 13.1 Å². The van der Waals surface area contributed by atoms with Gasteiger partial charge in [0.2, 0.25) is 11.0 Å². The molecule has 276 valence electrons. The Labute approximate surface area is 343 Å². The number of hydrogen-bond acceptors (Lipinski definition) is 6. The number of fused-ring (bicyclic) bond motifs is 3. The fourth-order valence-electron chi connectivity index (χ4n) is 6.37. The Balaban J connectivity index is 0.00000266. The van der Waals surface area contributed by atoms with Crippen LogP contribution in [0.3, 0.4) is 0 Å². The second-order valence-electron chi connectivity index (χ2n) is 12.6. The van der Waals surface area contributed by atoms with E-state index in [0.29, 0.717) is 5.39 Å². The smallest absolute Gasteiger partial charge is 0.290 e. The van der Waals surface area contributed by atoms with Crippen molar-refractivity contribution in [3.05, 3.63) is 192 Å². The summed E-state index contributed by atoms with van der Waals surface area (Å²) in [5, 5.41) is 11.1. The van der Waals surface area contributed by atoms with Gasteiger partial charge < -0.3 is 34.0 Å². The van der Waals surface area contributed by atoms with Crippen LogP contribution in [-0.4, -0.2) is 34.2 Å². The molecule has 0 saturated heterocycles. The summed E-state index contributed by atoms with van der Waals surface area (Å²) in [6.45, 7) is 1.46. The van der Waals surface area contributed by atoms with Crippen molar-refractivity contribution in [1.82, 2.24) is 20.8 Å². The molecule has 4 aromatic carbocycles. The number of nitrogens with zero attached hydrogens (tertiary/aromatic N) is 6. The second-order valence-corrected chi connectivity index (χ2v) is 12.6. The highest BCUT2D eigenvalue weighted by molar-refractivity contribution is 6.00. The Morgan fingerprint density at radius 1 is 0.518 bits per heavy atom. The number of amides is 2. The van der Waals surface area contributed by atoms with Crippen LogP contribution in [0.5, 0.6) is 0 Å². The quantitative estimate of drug-likeness (QED) is 0.116. The van der Waals surface area contributed by atoms with E-state index in [1.165, 1.54) is 11.1 Å². The summed E-state index contributed by atoms with van der Waals surface area (Å²) in [7, 11) is 0. The number of hydrogen-bond donors (Lipinski definition) is 2. The van der Waals surface area contributed by atoms with Crippen molar-refractivity contribution >= 4 is 57.1 Å². The van der Waals surface area contributed by atoms with Crippen LogP contribution in [0, 0.1) is 0 Å². The number of aromatic nitrogens is 4. The van der Waals surface area contributed by atoms with Gasteiger partial charge in [0.1, 0.15) is 11.4 Å². The third-order valence-corrected chi connectivity index (χ3v) is 9.07. The van der Waals surface area contributed by atoms with Crippen LogP contribution in [0.25, 0.3) is 32.8 Å². The normalized spacial score (nSPS) is 11.1. The fourth-order valence-corrected chi connectivity index (χ4v) is 6.37. The standard InChI is InChI=1S/C44H32N8O2.2BrH/c53-43(49-45-27-34-23-25-51(29-31-11-3-1-4-12-31)40-17-9-7-15-36(34)40)38-21-19-33-20-22-39(48-42(33)47-38)44(54)50-46-28-35-24-26-52(30-32-13-5-2-6-14-32)41-18-10-8-16-37(35)41;;/h1-28H,29-30H2;2*1H. The third kappa shape index (κ3) is 8.89. The molecule has 0 unspecified atom stereocenters. The van der Waals surface area contributed by atoms with Crippen LogP contribution in [0.15, 0.2) is 168 Å². The minimum Gasteiger partial charge on any atom is -1.00 e. The number of carbonyl (C=O) groups excluding carboxylic acids is 2. The molecule has 0 radical (unpaired) electrons. The molecule has 0 spiro atoms. The average Bonchev–Trinajstić information content (AvgIpc) is 3.22. The lowest BCUT2D eigenvalue weighted by molar-refractivity contribution is -0.662. The predicted molar refractivity (Wildman–Crippen MR) is 209 cm³/mol. The van der Waals surface area contributed by atoms with Gasteiger partial charge in [-0.1, -0.05) is 84.9 Å². The van der Waals surface area contributed by atoms with Crippen molar-refractivity contribution < 1.29 is 52.7 Å². The monoisotopic (exact) mass is 864 g/mol. The van der Waals surface area contributed by atoms with Gasteiger partial charge >= 0.3 is 0 Å². The van der Waals surface area contributed by atoms with Crippen molar-refractivity contribution in [2.45, 2.75) is 13.1 Å². The molecule has 0 aliphatic carbocycles. The van der Waals surface area contributed by atoms with E-state index >= 15 is 0 Å². The maximum absolute atomic E-state index is 13.1. The Hall–Kier alpha value is -6.50. The van der Waals surface area contributed by atoms with E-state index in [9.17, 15) is 9.59 Å². The van der Waals surface area contributed by atoms with Crippen LogP contribution in [0.1, 0.15) is 43.2 Å². The lowest BCUT2D eigenvalue weighted by Crippen LogP contribution is -3.00. The average molecular weight is 867 g/mol. The summed E-state index contributed by atoms with van der Waals surface area (Å²) in [6, 6.07) is 47.3. The molecule has 0 bridgehead atoms. The molecule has 0 fully saturated rings. The highest BCUT2D eigenvalue weighted by Gasteiger charge is 2.15. The predicted octanol–water partition coefficient (Wildman–Crippen LogP) is 0.144. The molecule has 0 aliphatic heterocycles. The van der Waals surface area contributed by atoms with E-state index in [2.05, 4.69) is 76.6 Å². The van der Waals surface area contributed by atoms with Gasteiger partial charge in [0.05, 0.1) is 23.2 Å². The summed E-state index contributed by atoms with van der Waals surface area (Å²) in [5.74, 6) is -1.01. The van der Waals surface area contributed by atoms with E-state index in [0.717, 1.165) is 46.0 Å². The molecule has 10 nitrogen and oxygen atoms in total. The minimum absolute atomic E-state index is 0. The van der Waals surface area contributed by atoms with Gasteiger partial charge in [-0.05, 0) is 36.4 Å². The van der Waals surface area contributed by atoms with E-state index in [1.807, 2.05) is 97.3 Å². The van der Waals surface area contributed by atoms with Gasteiger partial charge in [-0.3, -0.25) is 9.59 Å². The number of para-hydroxylation sites is 2. The minimum atomic E-state index is -0.506. The Morgan fingerprint density at radius 3 is 1.38 bits per heavy atom. The number of nitrogens with one attached hydrogen (secondary N) is 2. The van der Waals surface area contributed by atoms with Gasteiger partial charge in [0.25, 0.3) is 11.8 Å². The molecule has 4 aromatic heterocycles. The first-order valence-corrected chi connectivity index (χ1v) is 17.4. The SMILES string of the molecule is O=C(NN=Cc1cc[n+](Cc2ccccc2)c2ccccc12)c1ccc2ccc(C(=O)NN=Cc3cc[n+](Cc4ccccc4)c4ccccc34)nc2n1.[Br-].[Br-]. The number of pyridine rings is 4. The molecule has 12 heteroatoms. The molecular formula is C44H34Br2N8O2. The Kier molecular flexibility index (Phi) is 12.8. The molecule has 2 amide bonds. The van der Waals surface area contributed by atoms with Crippen molar-refractivity contribution in [3.8, 4) is 0 Å². The number of benzene rings is 4. The van der Waals surface area contributed by atoms with Gasteiger partial charge in [-0.15, -0.1) is 0 Å². The molecule has 8 rings (SSSR count). The zero-order chi connectivity index (χ0) is 36.7. The maximum Gasteiger partial charge on any atom is 0.290 e. The molecule has 4 heterocycles. The van der Waals surface area contributed by atoms with Crippen LogP contribution < -0.4 is 53.9 Å². The third-order valence-electron chi connectivity index (χ3n) is 9.07. The number of carbonyl (C=O) groups is 2. The van der Waals surface area contributed by atoms with E-state index in [1.54, 1.807) is 36.7 Å². The van der Waals surface area contributed by atoms with Crippen LogP contribution in [0.4, 0.5) is 0 Å². The second kappa shape index (κ2) is 18.2. The molecule has 0 atom stereocenters. The molecule has 0 saturated carbocycles. The number of halogens is 2. The van der Waals surface area contributed by atoms with Crippen molar-refractivity contribution in [2.24, 2.45) is 10.2 Å². The lowest BCUT2D eigenvalue weighted by atomic mass is 10.1. The van der Waals surface area contributed by atoms with Crippen molar-refractivity contribution in [1.29, 1.82) is 0 Å². The maximum atomic E-state index is 13.1.